The van der Waals surface area contributed by atoms with Crippen molar-refractivity contribution < 1.29 is 4.74 Å². The van der Waals surface area contributed by atoms with Gasteiger partial charge < -0.3 is 15.4 Å². The van der Waals surface area contributed by atoms with Crippen LogP contribution in [0.2, 0.25) is 0 Å². The van der Waals surface area contributed by atoms with Crippen LogP contribution in [0.4, 0.5) is 0 Å². The summed E-state index contributed by atoms with van der Waals surface area (Å²) in [7, 11) is 1.77. The minimum Gasteiger partial charge on any atom is -0.489 e. The number of fused-ring (bicyclic) bond motifs is 1. The third kappa shape index (κ3) is 6.09. The van der Waals surface area contributed by atoms with Crippen LogP contribution in [0.5, 0.6) is 5.75 Å². The number of para-hydroxylation sites is 2. The standard InChI is InChI=1S/C21H24N4O.HI/c1-16(26-18-8-4-3-5-9-18)14-24-21(22-2)25-15-17-12-13-23-20-11-7-6-10-19(17)20;/h3-13,16H,14-15H2,1-2H3,(H2,22,24,25);1H. The molecule has 0 aliphatic heterocycles. The molecule has 5 nitrogen and oxygen atoms in total. The molecule has 6 heteroatoms. The van der Waals surface area contributed by atoms with Crippen LogP contribution in [0, 0.1) is 0 Å². The van der Waals surface area contributed by atoms with Crippen LogP contribution < -0.4 is 15.4 Å². The molecule has 2 aromatic carbocycles. The number of aliphatic imine (C=N–C) groups is 1. The molecule has 0 aliphatic carbocycles. The average Bonchev–Trinajstić information content (AvgIpc) is 2.69. The molecule has 1 aromatic heterocycles. The van der Waals surface area contributed by atoms with E-state index in [4.69, 9.17) is 4.74 Å². The fourth-order valence-electron chi connectivity index (χ4n) is 2.72. The maximum absolute atomic E-state index is 5.88. The lowest BCUT2D eigenvalue weighted by atomic mass is 10.1. The van der Waals surface area contributed by atoms with Crippen LogP contribution in [-0.2, 0) is 6.54 Å². The fourth-order valence-corrected chi connectivity index (χ4v) is 2.72. The molecular weight excluding hydrogens is 451 g/mol. The fraction of sp³-hybridized carbons (Fsp3) is 0.238. The molecule has 27 heavy (non-hydrogen) atoms. The van der Waals surface area contributed by atoms with Gasteiger partial charge in [-0.1, -0.05) is 36.4 Å². The number of hydrogen-bond acceptors (Lipinski definition) is 3. The Balaban J connectivity index is 0.00000261. The summed E-state index contributed by atoms with van der Waals surface area (Å²) in [6.45, 7) is 3.37. The normalized spacial score (nSPS) is 12.1. The van der Waals surface area contributed by atoms with Crippen molar-refractivity contribution in [2.45, 2.75) is 19.6 Å². The Hall–Kier alpha value is -2.35. The summed E-state index contributed by atoms with van der Waals surface area (Å²) >= 11 is 0. The predicted octanol–water partition coefficient (Wildman–Crippen LogP) is 3.99. The lowest BCUT2D eigenvalue weighted by Crippen LogP contribution is -2.41. The number of hydrogen-bond donors (Lipinski definition) is 2. The highest BCUT2D eigenvalue weighted by Crippen LogP contribution is 2.15. The number of guanidine groups is 1. The molecule has 0 amide bonds. The molecule has 1 atom stereocenters. The number of benzene rings is 2. The van der Waals surface area contributed by atoms with Crippen LogP contribution in [0.25, 0.3) is 10.9 Å². The molecule has 0 spiro atoms. The Morgan fingerprint density at radius 1 is 1.04 bits per heavy atom. The largest absolute Gasteiger partial charge is 0.489 e. The van der Waals surface area contributed by atoms with Crippen LogP contribution in [0.3, 0.4) is 0 Å². The van der Waals surface area contributed by atoms with Crippen molar-refractivity contribution in [3.8, 4) is 5.75 Å². The Labute approximate surface area is 177 Å². The molecule has 0 saturated heterocycles. The minimum atomic E-state index is 0. The monoisotopic (exact) mass is 476 g/mol. The summed E-state index contributed by atoms with van der Waals surface area (Å²) in [5, 5.41) is 7.81. The number of halogens is 1. The van der Waals surface area contributed by atoms with Gasteiger partial charge in [0.25, 0.3) is 0 Å². The number of aromatic nitrogens is 1. The predicted molar refractivity (Wildman–Crippen MR) is 122 cm³/mol. The van der Waals surface area contributed by atoms with Gasteiger partial charge in [-0.05, 0) is 36.8 Å². The maximum Gasteiger partial charge on any atom is 0.191 e. The number of rotatable bonds is 6. The summed E-state index contributed by atoms with van der Waals surface area (Å²) in [6.07, 6.45) is 1.86. The smallest absolute Gasteiger partial charge is 0.191 e. The van der Waals surface area contributed by atoms with Gasteiger partial charge in [0.15, 0.2) is 5.96 Å². The van der Waals surface area contributed by atoms with E-state index in [0.29, 0.717) is 13.1 Å². The number of ether oxygens (including phenoxy) is 1. The van der Waals surface area contributed by atoms with Crippen molar-refractivity contribution >= 4 is 40.8 Å². The van der Waals surface area contributed by atoms with E-state index in [2.05, 4.69) is 26.7 Å². The number of nitrogens with one attached hydrogen (secondary N) is 2. The maximum atomic E-state index is 5.88. The topological polar surface area (TPSA) is 58.5 Å². The van der Waals surface area contributed by atoms with E-state index in [0.717, 1.165) is 22.6 Å². The van der Waals surface area contributed by atoms with Crippen LogP contribution in [-0.4, -0.2) is 30.6 Å². The highest BCUT2D eigenvalue weighted by Gasteiger charge is 2.07. The van der Waals surface area contributed by atoms with Crippen molar-refractivity contribution in [1.29, 1.82) is 0 Å². The SMILES string of the molecule is CN=C(NCc1ccnc2ccccc12)NCC(C)Oc1ccccc1.I. The van der Waals surface area contributed by atoms with E-state index < -0.39 is 0 Å². The van der Waals surface area contributed by atoms with Crippen LogP contribution in [0.1, 0.15) is 12.5 Å². The summed E-state index contributed by atoms with van der Waals surface area (Å²) < 4.78 is 5.88. The summed E-state index contributed by atoms with van der Waals surface area (Å²) in [5.74, 6) is 1.61. The third-order valence-electron chi connectivity index (χ3n) is 4.05. The lowest BCUT2D eigenvalue weighted by molar-refractivity contribution is 0.224. The van der Waals surface area contributed by atoms with E-state index in [1.165, 1.54) is 5.56 Å². The van der Waals surface area contributed by atoms with Crippen LogP contribution >= 0.6 is 24.0 Å². The first-order valence-corrected chi connectivity index (χ1v) is 8.75. The zero-order valence-electron chi connectivity index (χ0n) is 15.6. The van der Waals surface area contributed by atoms with Gasteiger partial charge in [-0.25, -0.2) is 0 Å². The molecular formula is C21H25IN4O. The summed E-state index contributed by atoms with van der Waals surface area (Å²) in [5.41, 5.74) is 2.19. The molecule has 0 saturated carbocycles. The summed E-state index contributed by atoms with van der Waals surface area (Å²) in [4.78, 5) is 8.68. The molecule has 3 rings (SSSR count). The van der Waals surface area contributed by atoms with Gasteiger partial charge in [0, 0.05) is 25.2 Å². The summed E-state index contributed by atoms with van der Waals surface area (Å²) in [6, 6.07) is 20.0. The van der Waals surface area contributed by atoms with Gasteiger partial charge in [0.1, 0.15) is 11.9 Å². The van der Waals surface area contributed by atoms with Crippen molar-refractivity contribution in [1.82, 2.24) is 15.6 Å². The van der Waals surface area contributed by atoms with Crippen LogP contribution in [0.15, 0.2) is 71.9 Å². The number of pyridine rings is 1. The number of nitrogens with zero attached hydrogens (tertiary/aromatic N) is 2. The Morgan fingerprint density at radius 3 is 2.56 bits per heavy atom. The van der Waals surface area contributed by atoms with Crippen molar-refractivity contribution in [2.75, 3.05) is 13.6 Å². The second kappa shape index (κ2) is 10.7. The molecule has 0 aliphatic rings. The van der Waals surface area contributed by atoms with Gasteiger partial charge in [-0.3, -0.25) is 9.98 Å². The highest BCUT2D eigenvalue weighted by molar-refractivity contribution is 14.0. The van der Waals surface area contributed by atoms with Gasteiger partial charge in [-0.15, -0.1) is 24.0 Å². The van der Waals surface area contributed by atoms with E-state index in [9.17, 15) is 0 Å². The van der Waals surface area contributed by atoms with E-state index in [1.54, 1.807) is 7.05 Å². The minimum absolute atomic E-state index is 0. The molecule has 1 heterocycles. The highest BCUT2D eigenvalue weighted by atomic mass is 127. The van der Waals surface area contributed by atoms with Gasteiger partial charge in [0.2, 0.25) is 0 Å². The quantitative estimate of drug-likeness (QED) is 0.321. The second-order valence-corrected chi connectivity index (χ2v) is 6.04. The Kier molecular flexibility index (Phi) is 8.32. The average molecular weight is 476 g/mol. The lowest BCUT2D eigenvalue weighted by Gasteiger charge is -2.18. The van der Waals surface area contributed by atoms with Gasteiger partial charge in [-0.2, -0.15) is 0 Å². The Morgan fingerprint density at radius 2 is 1.78 bits per heavy atom. The molecule has 0 fully saturated rings. The molecule has 1 unspecified atom stereocenters. The van der Waals surface area contributed by atoms with Crippen molar-refractivity contribution in [3.05, 3.63) is 72.4 Å². The van der Waals surface area contributed by atoms with E-state index >= 15 is 0 Å². The first-order chi connectivity index (χ1) is 12.8. The van der Waals surface area contributed by atoms with Crippen molar-refractivity contribution in [2.24, 2.45) is 4.99 Å². The van der Waals surface area contributed by atoms with Gasteiger partial charge >= 0.3 is 0 Å². The third-order valence-corrected chi connectivity index (χ3v) is 4.05. The molecule has 2 N–H and O–H groups in total. The zero-order valence-corrected chi connectivity index (χ0v) is 17.9. The second-order valence-electron chi connectivity index (χ2n) is 6.04. The zero-order chi connectivity index (χ0) is 18.2. The van der Waals surface area contributed by atoms with E-state index in [-0.39, 0.29) is 30.1 Å². The van der Waals surface area contributed by atoms with E-state index in [1.807, 2.05) is 67.7 Å². The molecule has 0 radical (unpaired) electrons. The molecule has 0 bridgehead atoms. The molecule has 142 valence electrons. The molecule has 3 aromatic rings. The van der Waals surface area contributed by atoms with Crippen molar-refractivity contribution in [3.63, 3.8) is 0 Å². The Bertz CT molecular complexity index is 865. The first-order valence-electron chi connectivity index (χ1n) is 8.75. The van der Waals surface area contributed by atoms with Gasteiger partial charge in [0.05, 0.1) is 12.1 Å². The first kappa shape index (κ1) is 21.0.